The van der Waals surface area contributed by atoms with Gasteiger partial charge in [-0.15, -0.1) is 0 Å². The third-order valence-electron chi connectivity index (χ3n) is 2.83. The molecule has 3 N–H and O–H groups in total. The van der Waals surface area contributed by atoms with E-state index in [9.17, 15) is 9.59 Å². The molecule has 0 aliphatic heterocycles. The Labute approximate surface area is 126 Å². The minimum absolute atomic E-state index is 0. The van der Waals surface area contributed by atoms with Gasteiger partial charge in [-0.3, -0.25) is 0 Å². The van der Waals surface area contributed by atoms with Crippen LogP contribution in [0.3, 0.4) is 0 Å². The Morgan fingerprint density at radius 3 is 1.57 bits per heavy atom. The Morgan fingerprint density at radius 2 is 1.24 bits per heavy atom. The Morgan fingerprint density at radius 1 is 0.857 bits per heavy atom. The van der Waals surface area contributed by atoms with E-state index in [1.54, 1.807) is 24.3 Å². The predicted octanol–water partition coefficient (Wildman–Crippen LogP) is 3.76. The molecule has 0 bridgehead atoms. The van der Waals surface area contributed by atoms with Gasteiger partial charge in [0.05, 0.1) is 24.3 Å². The van der Waals surface area contributed by atoms with Gasteiger partial charge in [-0.05, 0) is 25.0 Å². The molecule has 0 atom stereocenters. The predicted molar refractivity (Wildman–Crippen MR) is 81.8 cm³/mol. The van der Waals surface area contributed by atoms with Crippen LogP contribution in [0.25, 0.3) is 0 Å². The van der Waals surface area contributed by atoms with Gasteiger partial charge in [-0.25, -0.2) is 9.59 Å². The van der Waals surface area contributed by atoms with E-state index in [0.717, 1.165) is 25.7 Å². The molecular formula is C16H25NO4. The minimum Gasteiger partial charge on any atom is -0.462 e. The van der Waals surface area contributed by atoms with Crippen LogP contribution in [0, 0.1) is 0 Å². The van der Waals surface area contributed by atoms with Gasteiger partial charge in [0, 0.05) is 0 Å². The zero-order chi connectivity index (χ0) is 14.8. The van der Waals surface area contributed by atoms with Crippen molar-refractivity contribution in [2.75, 3.05) is 13.2 Å². The SMILES string of the molecule is CCCCOC(=O)c1ccccc1C(=O)OCCCC.N. The zero-order valence-corrected chi connectivity index (χ0v) is 12.9. The second-order valence-corrected chi connectivity index (χ2v) is 4.52. The van der Waals surface area contributed by atoms with E-state index < -0.39 is 11.9 Å². The number of esters is 2. The lowest BCUT2D eigenvalue weighted by Crippen LogP contribution is -2.14. The second kappa shape index (κ2) is 10.9. The van der Waals surface area contributed by atoms with Crippen LogP contribution in [0.4, 0.5) is 0 Å². The molecule has 118 valence electrons. The Kier molecular flexibility index (Phi) is 9.88. The molecule has 5 heteroatoms. The molecule has 1 aromatic carbocycles. The third kappa shape index (κ3) is 6.40. The summed E-state index contributed by atoms with van der Waals surface area (Å²) in [5.41, 5.74) is 0.537. The Balaban J connectivity index is 0.00000400. The number of hydrogen-bond acceptors (Lipinski definition) is 5. The highest BCUT2D eigenvalue weighted by molar-refractivity contribution is 6.03. The number of ether oxygens (including phenoxy) is 2. The van der Waals surface area contributed by atoms with Gasteiger partial charge in [0.15, 0.2) is 0 Å². The summed E-state index contributed by atoms with van der Waals surface area (Å²) in [6.07, 6.45) is 3.53. The zero-order valence-electron chi connectivity index (χ0n) is 12.9. The molecule has 0 saturated carbocycles. The number of unbranched alkanes of at least 4 members (excludes halogenated alkanes) is 2. The quantitative estimate of drug-likeness (QED) is 0.582. The molecule has 0 saturated heterocycles. The lowest BCUT2D eigenvalue weighted by atomic mass is 10.1. The molecule has 0 amide bonds. The minimum atomic E-state index is -0.471. The number of benzene rings is 1. The maximum absolute atomic E-state index is 11.9. The van der Waals surface area contributed by atoms with E-state index in [4.69, 9.17) is 9.47 Å². The van der Waals surface area contributed by atoms with E-state index in [-0.39, 0.29) is 17.3 Å². The van der Waals surface area contributed by atoms with E-state index >= 15 is 0 Å². The van der Waals surface area contributed by atoms with Gasteiger partial charge >= 0.3 is 11.9 Å². The molecule has 0 aliphatic carbocycles. The highest BCUT2D eigenvalue weighted by atomic mass is 16.5. The molecule has 0 aliphatic rings. The van der Waals surface area contributed by atoms with Crippen LogP contribution in [0.15, 0.2) is 24.3 Å². The van der Waals surface area contributed by atoms with Crippen LogP contribution in [0.5, 0.6) is 0 Å². The molecule has 0 heterocycles. The summed E-state index contributed by atoms with van der Waals surface area (Å²) >= 11 is 0. The smallest absolute Gasteiger partial charge is 0.339 e. The molecule has 0 spiro atoms. The van der Waals surface area contributed by atoms with Crippen LogP contribution in [-0.2, 0) is 9.47 Å². The maximum atomic E-state index is 11.9. The molecule has 0 fully saturated rings. The van der Waals surface area contributed by atoms with Gasteiger partial charge in [-0.1, -0.05) is 38.8 Å². The Hall–Kier alpha value is -1.88. The highest BCUT2D eigenvalue weighted by Crippen LogP contribution is 2.12. The topological polar surface area (TPSA) is 87.6 Å². The van der Waals surface area contributed by atoms with Crippen molar-refractivity contribution in [3.8, 4) is 0 Å². The molecule has 21 heavy (non-hydrogen) atoms. The van der Waals surface area contributed by atoms with Crippen LogP contribution in [0.1, 0.15) is 60.2 Å². The van der Waals surface area contributed by atoms with Crippen molar-refractivity contribution in [1.29, 1.82) is 0 Å². The first-order valence-electron chi connectivity index (χ1n) is 7.14. The van der Waals surface area contributed by atoms with Crippen LogP contribution in [-0.4, -0.2) is 25.2 Å². The monoisotopic (exact) mass is 295 g/mol. The van der Waals surface area contributed by atoms with E-state index in [1.807, 2.05) is 13.8 Å². The van der Waals surface area contributed by atoms with Crippen molar-refractivity contribution in [3.63, 3.8) is 0 Å². The molecule has 1 aromatic rings. The second-order valence-electron chi connectivity index (χ2n) is 4.52. The molecule has 0 unspecified atom stereocenters. The maximum Gasteiger partial charge on any atom is 0.339 e. The average Bonchev–Trinajstić information content (AvgIpc) is 2.47. The summed E-state index contributed by atoms with van der Waals surface area (Å²) in [5, 5.41) is 0. The normalized spacial score (nSPS) is 9.62. The summed E-state index contributed by atoms with van der Waals surface area (Å²) in [6.45, 7) is 4.78. The summed E-state index contributed by atoms with van der Waals surface area (Å²) in [7, 11) is 0. The van der Waals surface area contributed by atoms with E-state index in [1.165, 1.54) is 0 Å². The summed E-state index contributed by atoms with van der Waals surface area (Å²) < 4.78 is 10.3. The van der Waals surface area contributed by atoms with Crippen molar-refractivity contribution in [2.24, 2.45) is 0 Å². The number of hydrogen-bond donors (Lipinski definition) is 1. The van der Waals surface area contributed by atoms with Gasteiger partial charge < -0.3 is 15.6 Å². The first-order valence-corrected chi connectivity index (χ1v) is 7.14. The van der Waals surface area contributed by atoms with Gasteiger partial charge in [-0.2, -0.15) is 0 Å². The Bertz CT molecular complexity index is 405. The molecular weight excluding hydrogens is 270 g/mol. The summed E-state index contributed by atoms with van der Waals surface area (Å²) in [5.74, 6) is -0.942. The first-order chi connectivity index (χ1) is 9.70. The number of carbonyl (C=O) groups excluding carboxylic acids is 2. The van der Waals surface area contributed by atoms with Crippen molar-refractivity contribution in [2.45, 2.75) is 39.5 Å². The average molecular weight is 295 g/mol. The van der Waals surface area contributed by atoms with Gasteiger partial charge in [0.2, 0.25) is 0 Å². The molecule has 0 aromatic heterocycles. The van der Waals surface area contributed by atoms with Crippen molar-refractivity contribution in [1.82, 2.24) is 6.15 Å². The number of carbonyl (C=O) groups is 2. The molecule has 1 rings (SSSR count). The van der Waals surface area contributed by atoms with Crippen molar-refractivity contribution < 1.29 is 19.1 Å². The standard InChI is InChI=1S/C16H22O4.H3N/c1-3-5-11-19-15(17)13-9-7-8-10-14(13)16(18)20-12-6-4-2;/h7-10H,3-6,11-12H2,1-2H3;1H3. The molecule has 5 nitrogen and oxygen atoms in total. The van der Waals surface area contributed by atoms with E-state index in [0.29, 0.717) is 13.2 Å². The van der Waals surface area contributed by atoms with E-state index in [2.05, 4.69) is 0 Å². The number of rotatable bonds is 8. The van der Waals surface area contributed by atoms with Gasteiger partial charge in [0.25, 0.3) is 0 Å². The fourth-order valence-electron chi connectivity index (χ4n) is 1.61. The van der Waals surface area contributed by atoms with Gasteiger partial charge in [0.1, 0.15) is 0 Å². The fraction of sp³-hybridized carbons (Fsp3) is 0.500. The summed E-state index contributed by atoms with van der Waals surface area (Å²) in [4.78, 5) is 23.9. The van der Waals surface area contributed by atoms with Crippen molar-refractivity contribution in [3.05, 3.63) is 35.4 Å². The summed E-state index contributed by atoms with van der Waals surface area (Å²) in [6, 6.07) is 6.59. The largest absolute Gasteiger partial charge is 0.462 e. The van der Waals surface area contributed by atoms with Crippen LogP contribution in [0.2, 0.25) is 0 Å². The van der Waals surface area contributed by atoms with Crippen LogP contribution < -0.4 is 6.15 Å². The lowest BCUT2D eigenvalue weighted by Gasteiger charge is -2.09. The van der Waals surface area contributed by atoms with Crippen LogP contribution >= 0.6 is 0 Å². The molecule has 0 radical (unpaired) electrons. The first kappa shape index (κ1) is 19.1. The third-order valence-corrected chi connectivity index (χ3v) is 2.83. The lowest BCUT2D eigenvalue weighted by molar-refractivity contribution is 0.0452. The highest BCUT2D eigenvalue weighted by Gasteiger charge is 2.18. The fourth-order valence-corrected chi connectivity index (χ4v) is 1.61. The van der Waals surface area contributed by atoms with Crippen molar-refractivity contribution >= 4 is 11.9 Å².